The van der Waals surface area contributed by atoms with Crippen LogP contribution in [0.3, 0.4) is 0 Å². The second-order valence-corrected chi connectivity index (χ2v) is 8.13. The first-order valence-electron chi connectivity index (χ1n) is 7.04. The summed E-state index contributed by atoms with van der Waals surface area (Å²) in [6.45, 7) is 5.08. The Labute approximate surface area is 122 Å². The highest BCUT2D eigenvalue weighted by atomic mass is 32.2. The molecule has 0 saturated heterocycles. The summed E-state index contributed by atoms with van der Waals surface area (Å²) in [5.41, 5.74) is 2.18. The summed E-state index contributed by atoms with van der Waals surface area (Å²) in [5.74, 6) is 0.787. The lowest BCUT2D eigenvalue weighted by molar-refractivity contribution is 0.421. The van der Waals surface area contributed by atoms with E-state index in [0.717, 1.165) is 12.5 Å². The minimum absolute atomic E-state index is 0.485. The van der Waals surface area contributed by atoms with E-state index in [4.69, 9.17) is 0 Å². The molecule has 0 atom stereocenters. The number of rotatable bonds is 7. The number of hydrogen-bond donors (Lipinski definition) is 2. The molecule has 0 unspecified atom stereocenters. The van der Waals surface area contributed by atoms with Gasteiger partial charge in [-0.2, -0.15) is 0 Å². The standard InChI is InChI=1S/C15H24N2O2S/c1-15(2,17-20(3,18)19)11-16-10-12-4-6-13(7-5-12)14-8-9-14/h4-7,14,16-17H,8-11H2,1-3H3. The lowest BCUT2D eigenvalue weighted by Gasteiger charge is -2.25. The van der Waals surface area contributed by atoms with Gasteiger partial charge in [0, 0.05) is 18.6 Å². The first kappa shape index (κ1) is 15.5. The molecule has 20 heavy (non-hydrogen) atoms. The van der Waals surface area contributed by atoms with Crippen molar-refractivity contribution in [2.75, 3.05) is 12.8 Å². The summed E-state index contributed by atoms with van der Waals surface area (Å²) in [4.78, 5) is 0. The Kier molecular flexibility index (Phi) is 4.52. The maximum atomic E-state index is 11.2. The Morgan fingerprint density at radius 1 is 1.20 bits per heavy atom. The van der Waals surface area contributed by atoms with Crippen molar-refractivity contribution in [1.82, 2.24) is 10.0 Å². The average Bonchev–Trinajstić information content (AvgIpc) is 3.10. The molecule has 0 aliphatic heterocycles. The molecule has 112 valence electrons. The van der Waals surface area contributed by atoms with Crippen LogP contribution >= 0.6 is 0 Å². The minimum Gasteiger partial charge on any atom is -0.311 e. The third-order valence-corrected chi connectivity index (χ3v) is 4.31. The molecule has 4 nitrogen and oxygen atoms in total. The van der Waals surface area contributed by atoms with Gasteiger partial charge in [0.05, 0.1) is 6.26 Å². The molecule has 1 aliphatic carbocycles. The fraction of sp³-hybridized carbons (Fsp3) is 0.600. The third-order valence-electron chi connectivity index (χ3n) is 3.39. The van der Waals surface area contributed by atoms with Crippen LogP contribution in [-0.4, -0.2) is 26.8 Å². The Bertz CT molecular complexity index is 546. The van der Waals surface area contributed by atoms with Gasteiger partial charge >= 0.3 is 0 Å². The summed E-state index contributed by atoms with van der Waals surface area (Å²) < 4.78 is 25.1. The maximum absolute atomic E-state index is 11.2. The quantitative estimate of drug-likeness (QED) is 0.809. The van der Waals surface area contributed by atoms with E-state index < -0.39 is 15.6 Å². The van der Waals surface area contributed by atoms with Gasteiger partial charge in [-0.1, -0.05) is 24.3 Å². The first-order chi connectivity index (χ1) is 9.25. The van der Waals surface area contributed by atoms with Crippen LogP contribution in [0.1, 0.15) is 43.7 Å². The SMILES string of the molecule is CC(C)(CNCc1ccc(C2CC2)cc1)NS(C)(=O)=O. The minimum atomic E-state index is -3.18. The highest BCUT2D eigenvalue weighted by Crippen LogP contribution is 2.39. The molecule has 0 heterocycles. The van der Waals surface area contributed by atoms with Crippen LogP contribution in [0.15, 0.2) is 24.3 Å². The van der Waals surface area contributed by atoms with Gasteiger partial charge in [-0.25, -0.2) is 13.1 Å². The van der Waals surface area contributed by atoms with Crippen molar-refractivity contribution in [3.63, 3.8) is 0 Å². The average molecular weight is 296 g/mol. The van der Waals surface area contributed by atoms with E-state index in [0.29, 0.717) is 6.54 Å². The number of hydrogen-bond acceptors (Lipinski definition) is 3. The number of sulfonamides is 1. The number of benzene rings is 1. The van der Waals surface area contributed by atoms with Crippen LogP contribution in [0.4, 0.5) is 0 Å². The molecule has 1 aromatic rings. The second-order valence-electron chi connectivity index (χ2n) is 6.38. The fourth-order valence-corrected chi connectivity index (χ4v) is 3.46. The predicted molar refractivity (Wildman–Crippen MR) is 82.2 cm³/mol. The molecule has 1 fully saturated rings. The highest BCUT2D eigenvalue weighted by molar-refractivity contribution is 7.88. The van der Waals surface area contributed by atoms with Crippen LogP contribution in [0.25, 0.3) is 0 Å². The van der Waals surface area contributed by atoms with Crippen LogP contribution in [-0.2, 0) is 16.6 Å². The Hall–Kier alpha value is -0.910. The van der Waals surface area contributed by atoms with Crippen molar-refractivity contribution >= 4 is 10.0 Å². The van der Waals surface area contributed by atoms with E-state index in [1.54, 1.807) is 0 Å². The van der Waals surface area contributed by atoms with Crippen molar-refractivity contribution in [2.45, 2.75) is 44.7 Å². The summed E-state index contributed by atoms with van der Waals surface area (Å²) >= 11 is 0. The zero-order valence-corrected chi connectivity index (χ0v) is 13.3. The van der Waals surface area contributed by atoms with E-state index in [2.05, 4.69) is 34.3 Å². The molecule has 0 bridgehead atoms. The van der Waals surface area contributed by atoms with Gasteiger partial charge in [0.15, 0.2) is 0 Å². The molecule has 0 amide bonds. The number of nitrogens with one attached hydrogen (secondary N) is 2. The largest absolute Gasteiger partial charge is 0.311 e. The van der Waals surface area contributed by atoms with Gasteiger partial charge in [0.2, 0.25) is 10.0 Å². The highest BCUT2D eigenvalue weighted by Gasteiger charge is 2.23. The van der Waals surface area contributed by atoms with Crippen molar-refractivity contribution < 1.29 is 8.42 Å². The van der Waals surface area contributed by atoms with Crippen LogP contribution in [0.2, 0.25) is 0 Å². The van der Waals surface area contributed by atoms with Gasteiger partial charge in [0.1, 0.15) is 0 Å². The van der Waals surface area contributed by atoms with Crippen molar-refractivity contribution in [3.05, 3.63) is 35.4 Å². The molecule has 0 aromatic heterocycles. The lowest BCUT2D eigenvalue weighted by atomic mass is 10.1. The first-order valence-corrected chi connectivity index (χ1v) is 8.93. The molecule has 1 aliphatic rings. The van der Waals surface area contributed by atoms with Crippen molar-refractivity contribution in [3.8, 4) is 0 Å². The summed E-state index contributed by atoms with van der Waals surface area (Å²) in [6.07, 6.45) is 3.83. The van der Waals surface area contributed by atoms with Gasteiger partial charge in [-0.3, -0.25) is 0 Å². The topological polar surface area (TPSA) is 58.2 Å². The monoisotopic (exact) mass is 296 g/mol. The summed E-state index contributed by atoms with van der Waals surface area (Å²) in [6, 6.07) is 8.71. The van der Waals surface area contributed by atoms with Gasteiger partial charge in [0.25, 0.3) is 0 Å². The van der Waals surface area contributed by atoms with E-state index in [1.165, 1.54) is 30.2 Å². The molecule has 0 spiro atoms. The molecule has 2 N–H and O–H groups in total. The second kappa shape index (κ2) is 5.84. The Morgan fingerprint density at radius 2 is 1.80 bits per heavy atom. The Morgan fingerprint density at radius 3 is 2.30 bits per heavy atom. The van der Waals surface area contributed by atoms with Crippen LogP contribution in [0.5, 0.6) is 0 Å². The molecule has 0 radical (unpaired) electrons. The zero-order valence-electron chi connectivity index (χ0n) is 12.4. The smallest absolute Gasteiger partial charge is 0.209 e. The summed E-state index contributed by atoms with van der Waals surface area (Å²) in [5, 5.41) is 3.30. The molecular weight excluding hydrogens is 272 g/mol. The van der Waals surface area contributed by atoms with Gasteiger partial charge < -0.3 is 5.32 Å². The Balaban J connectivity index is 1.80. The van der Waals surface area contributed by atoms with Crippen molar-refractivity contribution in [2.24, 2.45) is 0 Å². The van der Waals surface area contributed by atoms with Crippen LogP contribution in [0, 0.1) is 0 Å². The van der Waals surface area contributed by atoms with Gasteiger partial charge in [-0.05, 0) is 43.7 Å². The third kappa shape index (κ3) is 5.23. The maximum Gasteiger partial charge on any atom is 0.209 e. The molecule has 1 aromatic carbocycles. The van der Waals surface area contributed by atoms with E-state index in [-0.39, 0.29) is 0 Å². The lowest BCUT2D eigenvalue weighted by Crippen LogP contribution is -2.49. The molecule has 2 rings (SSSR count). The zero-order chi connectivity index (χ0) is 14.8. The predicted octanol–water partition coefficient (Wildman–Crippen LogP) is 1.98. The van der Waals surface area contributed by atoms with Crippen molar-refractivity contribution in [1.29, 1.82) is 0 Å². The molecule has 5 heteroatoms. The normalized spacial score (nSPS) is 16.4. The van der Waals surface area contributed by atoms with E-state index >= 15 is 0 Å². The molecule has 1 saturated carbocycles. The molecular formula is C15H24N2O2S. The summed E-state index contributed by atoms with van der Waals surface area (Å²) in [7, 11) is -3.18. The van der Waals surface area contributed by atoms with Crippen LogP contribution < -0.4 is 10.0 Å². The van der Waals surface area contributed by atoms with E-state index in [1.807, 2.05) is 13.8 Å². The van der Waals surface area contributed by atoms with Gasteiger partial charge in [-0.15, -0.1) is 0 Å². The fourth-order valence-electron chi connectivity index (χ4n) is 2.38. The van der Waals surface area contributed by atoms with E-state index in [9.17, 15) is 8.42 Å².